The Morgan fingerprint density at radius 3 is 2.50 bits per heavy atom. The van der Waals surface area contributed by atoms with Crippen molar-refractivity contribution >= 4 is 44.3 Å². The van der Waals surface area contributed by atoms with Gasteiger partial charge in [0.15, 0.2) is 5.13 Å². The summed E-state index contributed by atoms with van der Waals surface area (Å²) in [6, 6.07) is 10.8. The van der Waals surface area contributed by atoms with Gasteiger partial charge in [0.25, 0.3) is 5.91 Å². The monoisotopic (exact) mass is 431 g/mol. The minimum Gasteiger partial charge on any atom is -0.465 e. The van der Waals surface area contributed by atoms with Gasteiger partial charge in [-0.05, 0) is 31.2 Å². The van der Waals surface area contributed by atoms with E-state index < -0.39 is 11.9 Å². The van der Waals surface area contributed by atoms with Gasteiger partial charge in [0, 0.05) is 21.1 Å². The zero-order chi connectivity index (χ0) is 18.7. The lowest BCUT2D eigenvalue weighted by Gasteiger charge is -2.02. The molecule has 0 aliphatic heterocycles. The van der Waals surface area contributed by atoms with Crippen LogP contribution in [-0.4, -0.2) is 29.0 Å². The first kappa shape index (κ1) is 18.2. The maximum absolute atomic E-state index is 12.3. The van der Waals surface area contributed by atoms with Crippen LogP contribution >= 0.6 is 27.3 Å². The number of aromatic nitrogens is 2. The van der Waals surface area contributed by atoms with E-state index in [-0.39, 0.29) is 11.3 Å². The number of carbonyl (C=O) groups is 2. The molecule has 0 unspecified atom stereocenters. The molecule has 1 N–H and O–H groups in total. The van der Waals surface area contributed by atoms with Gasteiger partial charge in [0.05, 0.1) is 18.4 Å². The smallest absolute Gasteiger partial charge is 0.339 e. The zero-order valence-electron chi connectivity index (χ0n) is 13.9. The number of ether oxygens (including phenoxy) is 1. The molecule has 0 aliphatic carbocycles. The van der Waals surface area contributed by atoms with Crippen molar-refractivity contribution in [3.8, 4) is 11.3 Å². The van der Waals surface area contributed by atoms with Gasteiger partial charge in [0.2, 0.25) is 0 Å². The lowest BCUT2D eigenvalue weighted by Crippen LogP contribution is -2.14. The zero-order valence-corrected chi connectivity index (χ0v) is 16.3. The summed E-state index contributed by atoms with van der Waals surface area (Å²) in [5.41, 5.74) is 2.28. The molecule has 3 rings (SSSR count). The van der Waals surface area contributed by atoms with Crippen LogP contribution in [0.15, 0.2) is 47.1 Å². The highest BCUT2D eigenvalue weighted by atomic mass is 79.9. The van der Waals surface area contributed by atoms with Crippen LogP contribution in [0.5, 0.6) is 0 Å². The predicted molar refractivity (Wildman–Crippen MR) is 104 cm³/mol. The number of hydrogen-bond acceptors (Lipinski definition) is 6. The molecule has 1 amide bonds. The van der Waals surface area contributed by atoms with Gasteiger partial charge in [-0.1, -0.05) is 28.1 Å². The molecule has 132 valence electrons. The lowest BCUT2D eigenvalue weighted by atomic mass is 10.1. The number of hydrogen-bond donors (Lipinski definition) is 1. The standard InChI is InChI=1S/C18H14BrN3O3S/c1-10-15(11-3-6-13(19)7-4-11)21-18(26-10)22-16(23)14-8-5-12(9-20-14)17(24)25-2/h3-9H,1-2H3,(H,21,22,23). The number of pyridine rings is 1. The highest BCUT2D eigenvalue weighted by Gasteiger charge is 2.15. The van der Waals surface area contributed by atoms with Crippen LogP contribution in [0.1, 0.15) is 25.7 Å². The third-order valence-electron chi connectivity index (χ3n) is 3.55. The molecule has 0 radical (unpaired) electrons. The molecule has 26 heavy (non-hydrogen) atoms. The minimum absolute atomic E-state index is 0.190. The van der Waals surface area contributed by atoms with Crippen LogP contribution < -0.4 is 5.32 Å². The van der Waals surface area contributed by atoms with E-state index in [1.165, 1.54) is 36.8 Å². The number of aryl methyl sites for hydroxylation is 1. The van der Waals surface area contributed by atoms with Gasteiger partial charge in [-0.3, -0.25) is 15.1 Å². The Labute approximate surface area is 162 Å². The Hall–Kier alpha value is -2.58. The molecule has 0 atom stereocenters. The van der Waals surface area contributed by atoms with E-state index in [2.05, 4.69) is 36.0 Å². The summed E-state index contributed by atoms with van der Waals surface area (Å²) < 4.78 is 5.60. The van der Waals surface area contributed by atoms with E-state index >= 15 is 0 Å². The second-order valence-electron chi connectivity index (χ2n) is 5.31. The Balaban J connectivity index is 1.76. The Morgan fingerprint density at radius 1 is 1.15 bits per heavy atom. The first-order chi connectivity index (χ1) is 12.5. The van der Waals surface area contributed by atoms with Crippen LogP contribution in [0.2, 0.25) is 0 Å². The number of halogens is 1. The van der Waals surface area contributed by atoms with Crippen LogP contribution in [0, 0.1) is 6.92 Å². The first-order valence-electron chi connectivity index (χ1n) is 7.57. The number of anilines is 1. The number of esters is 1. The maximum Gasteiger partial charge on any atom is 0.339 e. The molecule has 0 aliphatic rings. The van der Waals surface area contributed by atoms with Crippen molar-refractivity contribution in [2.24, 2.45) is 0 Å². The summed E-state index contributed by atoms with van der Waals surface area (Å²) in [7, 11) is 1.29. The molecule has 1 aromatic carbocycles. The summed E-state index contributed by atoms with van der Waals surface area (Å²) in [5.74, 6) is -0.892. The Morgan fingerprint density at radius 2 is 1.88 bits per heavy atom. The molecule has 0 bridgehead atoms. The number of thiazole rings is 1. The molecular formula is C18H14BrN3O3S. The van der Waals surface area contributed by atoms with E-state index in [1.807, 2.05) is 31.2 Å². The predicted octanol–water partition coefficient (Wildman–Crippen LogP) is 4.31. The molecule has 8 heteroatoms. The second-order valence-corrected chi connectivity index (χ2v) is 7.43. The fourth-order valence-corrected chi connectivity index (χ4v) is 3.35. The topological polar surface area (TPSA) is 81.2 Å². The van der Waals surface area contributed by atoms with Crippen LogP contribution in [0.3, 0.4) is 0 Å². The summed E-state index contributed by atoms with van der Waals surface area (Å²) >= 11 is 4.80. The Kier molecular flexibility index (Phi) is 5.43. The second kappa shape index (κ2) is 7.76. The van der Waals surface area contributed by atoms with E-state index in [9.17, 15) is 9.59 Å². The number of rotatable bonds is 4. The average Bonchev–Trinajstić information content (AvgIpc) is 3.02. The third kappa shape index (κ3) is 3.97. The SMILES string of the molecule is COC(=O)c1ccc(C(=O)Nc2nc(-c3ccc(Br)cc3)c(C)s2)nc1. The van der Waals surface area contributed by atoms with Crippen LogP contribution in [-0.2, 0) is 4.74 Å². The van der Waals surface area contributed by atoms with Crippen molar-refractivity contribution in [2.75, 3.05) is 12.4 Å². The average molecular weight is 432 g/mol. The highest BCUT2D eigenvalue weighted by Crippen LogP contribution is 2.31. The van der Waals surface area contributed by atoms with E-state index in [1.54, 1.807) is 0 Å². The Bertz CT molecular complexity index is 953. The number of carbonyl (C=O) groups excluding carboxylic acids is 2. The molecular weight excluding hydrogens is 418 g/mol. The van der Waals surface area contributed by atoms with Gasteiger partial charge in [-0.15, -0.1) is 11.3 Å². The molecule has 6 nitrogen and oxygen atoms in total. The van der Waals surface area contributed by atoms with Crippen molar-refractivity contribution in [1.82, 2.24) is 9.97 Å². The van der Waals surface area contributed by atoms with Crippen molar-refractivity contribution < 1.29 is 14.3 Å². The van der Waals surface area contributed by atoms with Gasteiger partial charge in [0.1, 0.15) is 5.69 Å². The highest BCUT2D eigenvalue weighted by molar-refractivity contribution is 9.10. The molecule has 2 aromatic heterocycles. The summed E-state index contributed by atoms with van der Waals surface area (Å²) in [6.07, 6.45) is 1.31. The number of nitrogens with zero attached hydrogens (tertiary/aromatic N) is 2. The van der Waals surface area contributed by atoms with Crippen LogP contribution in [0.25, 0.3) is 11.3 Å². The summed E-state index contributed by atoms with van der Waals surface area (Å²) in [5, 5.41) is 3.23. The fraction of sp³-hybridized carbons (Fsp3) is 0.111. The summed E-state index contributed by atoms with van der Waals surface area (Å²) in [6.45, 7) is 1.95. The van der Waals surface area contributed by atoms with E-state index in [0.29, 0.717) is 5.13 Å². The number of benzene rings is 1. The number of amides is 1. The number of methoxy groups -OCH3 is 1. The van der Waals surface area contributed by atoms with Crippen molar-refractivity contribution in [2.45, 2.75) is 6.92 Å². The molecule has 2 heterocycles. The van der Waals surface area contributed by atoms with Crippen molar-refractivity contribution in [1.29, 1.82) is 0 Å². The maximum atomic E-state index is 12.3. The van der Waals surface area contributed by atoms with Gasteiger partial charge >= 0.3 is 5.97 Å². The van der Waals surface area contributed by atoms with Gasteiger partial charge < -0.3 is 4.74 Å². The van der Waals surface area contributed by atoms with E-state index in [4.69, 9.17) is 0 Å². The molecule has 3 aromatic rings. The quantitative estimate of drug-likeness (QED) is 0.622. The molecule has 0 fully saturated rings. The fourth-order valence-electron chi connectivity index (χ4n) is 2.25. The molecule has 0 spiro atoms. The van der Waals surface area contributed by atoms with Crippen molar-refractivity contribution in [3.05, 3.63) is 63.2 Å². The minimum atomic E-state index is -0.501. The van der Waals surface area contributed by atoms with Gasteiger partial charge in [-0.2, -0.15) is 0 Å². The summed E-state index contributed by atoms with van der Waals surface area (Å²) in [4.78, 5) is 33.2. The normalized spacial score (nSPS) is 10.4. The first-order valence-corrected chi connectivity index (χ1v) is 9.18. The van der Waals surface area contributed by atoms with Crippen LogP contribution in [0.4, 0.5) is 5.13 Å². The largest absolute Gasteiger partial charge is 0.465 e. The van der Waals surface area contributed by atoms with E-state index in [0.717, 1.165) is 20.6 Å². The number of nitrogens with one attached hydrogen (secondary N) is 1. The van der Waals surface area contributed by atoms with Gasteiger partial charge in [-0.25, -0.2) is 9.78 Å². The third-order valence-corrected chi connectivity index (χ3v) is 4.97. The molecule has 0 saturated heterocycles. The lowest BCUT2D eigenvalue weighted by molar-refractivity contribution is 0.0600. The molecule has 0 saturated carbocycles. The van der Waals surface area contributed by atoms with Crippen molar-refractivity contribution in [3.63, 3.8) is 0 Å².